The largest absolute Gasteiger partial charge is 0.452 e. The highest BCUT2D eigenvalue weighted by Crippen LogP contribution is 2.23. The Labute approximate surface area is 144 Å². The second kappa shape index (κ2) is 7.93. The van der Waals surface area contributed by atoms with Crippen molar-refractivity contribution in [3.05, 3.63) is 64.4 Å². The molecule has 1 amide bonds. The summed E-state index contributed by atoms with van der Waals surface area (Å²) in [4.78, 5) is 23.9. The summed E-state index contributed by atoms with van der Waals surface area (Å²) in [6, 6.07) is 10.7. The second-order valence-corrected chi connectivity index (χ2v) is 5.90. The van der Waals surface area contributed by atoms with E-state index in [1.807, 2.05) is 26.0 Å². The summed E-state index contributed by atoms with van der Waals surface area (Å²) in [7, 11) is 0. The number of benzene rings is 2. The first-order valence-corrected chi connectivity index (χ1v) is 7.77. The lowest BCUT2D eigenvalue weighted by Gasteiger charge is -2.13. The lowest BCUT2D eigenvalue weighted by atomic mass is 10.0. The standard InChI is InChI=1S/C18H17ClFNO3/c1-11(2)13-5-3-4-6-16(13)21-17(22)10-24-18(23)14-9-12(20)7-8-15(14)19/h3-9,11H,10H2,1-2H3,(H,21,22). The molecule has 0 fully saturated rings. The van der Waals surface area contributed by atoms with E-state index < -0.39 is 24.3 Å². The summed E-state index contributed by atoms with van der Waals surface area (Å²) >= 11 is 5.82. The van der Waals surface area contributed by atoms with Crippen LogP contribution >= 0.6 is 11.6 Å². The van der Waals surface area contributed by atoms with Gasteiger partial charge in [0.25, 0.3) is 5.91 Å². The molecule has 0 unspecified atom stereocenters. The number of esters is 1. The van der Waals surface area contributed by atoms with Crippen molar-refractivity contribution in [3.8, 4) is 0 Å². The van der Waals surface area contributed by atoms with Crippen LogP contribution in [0.3, 0.4) is 0 Å². The third-order valence-corrected chi connectivity index (χ3v) is 3.67. The van der Waals surface area contributed by atoms with E-state index in [1.165, 1.54) is 6.07 Å². The van der Waals surface area contributed by atoms with Crippen LogP contribution in [0, 0.1) is 5.82 Å². The van der Waals surface area contributed by atoms with E-state index in [4.69, 9.17) is 16.3 Å². The molecule has 0 atom stereocenters. The van der Waals surface area contributed by atoms with E-state index in [9.17, 15) is 14.0 Å². The summed E-state index contributed by atoms with van der Waals surface area (Å²) in [5.41, 5.74) is 1.52. The van der Waals surface area contributed by atoms with E-state index in [0.717, 1.165) is 17.7 Å². The maximum absolute atomic E-state index is 13.2. The second-order valence-electron chi connectivity index (χ2n) is 5.49. The predicted octanol–water partition coefficient (Wildman–Crippen LogP) is 4.40. The first-order chi connectivity index (χ1) is 11.4. The minimum Gasteiger partial charge on any atom is -0.452 e. The number of halogens is 2. The number of anilines is 1. The number of rotatable bonds is 5. The molecule has 6 heteroatoms. The van der Waals surface area contributed by atoms with Crippen LogP contribution in [-0.2, 0) is 9.53 Å². The Morgan fingerprint density at radius 2 is 1.92 bits per heavy atom. The van der Waals surface area contributed by atoms with Crippen LogP contribution < -0.4 is 5.32 Å². The van der Waals surface area contributed by atoms with Crippen molar-refractivity contribution in [1.29, 1.82) is 0 Å². The number of para-hydroxylation sites is 1. The average molecular weight is 350 g/mol. The Balaban J connectivity index is 1.99. The lowest BCUT2D eigenvalue weighted by Crippen LogP contribution is -2.21. The van der Waals surface area contributed by atoms with Crippen LogP contribution in [-0.4, -0.2) is 18.5 Å². The third kappa shape index (κ3) is 4.55. The lowest BCUT2D eigenvalue weighted by molar-refractivity contribution is -0.119. The van der Waals surface area contributed by atoms with Gasteiger partial charge in [-0.1, -0.05) is 43.6 Å². The predicted molar refractivity (Wildman–Crippen MR) is 90.9 cm³/mol. The number of nitrogens with one attached hydrogen (secondary N) is 1. The Morgan fingerprint density at radius 1 is 1.21 bits per heavy atom. The van der Waals surface area contributed by atoms with Crippen molar-refractivity contribution < 1.29 is 18.7 Å². The SMILES string of the molecule is CC(C)c1ccccc1NC(=O)COC(=O)c1cc(F)ccc1Cl. The summed E-state index contributed by atoms with van der Waals surface area (Å²) in [5.74, 6) is -1.72. The molecular formula is C18H17ClFNO3. The number of ether oxygens (including phenoxy) is 1. The fraction of sp³-hybridized carbons (Fsp3) is 0.222. The van der Waals surface area contributed by atoms with Crippen molar-refractivity contribution in [3.63, 3.8) is 0 Å². The van der Waals surface area contributed by atoms with Gasteiger partial charge in [0.15, 0.2) is 6.61 Å². The average Bonchev–Trinajstić information content (AvgIpc) is 2.55. The number of carbonyl (C=O) groups excluding carboxylic acids is 2. The van der Waals surface area contributed by atoms with Crippen LogP contribution in [0.15, 0.2) is 42.5 Å². The Bertz CT molecular complexity index is 762. The number of hydrogen-bond acceptors (Lipinski definition) is 3. The highest BCUT2D eigenvalue weighted by Gasteiger charge is 2.15. The Morgan fingerprint density at radius 3 is 2.62 bits per heavy atom. The van der Waals surface area contributed by atoms with Gasteiger partial charge in [0.1, 0.15) is 5.82 Å². The van der Waals surface area contributed by atoms with Crippen molar-refractivity contribution in [2.75, 3.05) is 11.9 Å². The molecule has 1 N–H and O–H groups in total. The van der Waals surface area contributed by atoms with Gasteiger partial charge in [-0.2, -0.15) is 0 Å². The van der Waals surface area contributed by atoms with Crippen LogP contribution in [0.2, 0.25) is 5.02 Å². The zero-order valence-electron chi connectivity index (χ0n) is 13.3. The van der Waals surface area contributed by atoms with E-state index in [2.05, 4.69) is 5.32 Å². The number of hydrogen-bond donors (Lipinski definition) is 1. The molecule has 4 nitrogen and oxygen atoms in total. The van der Waals surface area contributed by atoms with Crippen LogP contribution in [0.1, 0.15) is 35.7 Å². The summed E-state index contributed by atoms with van der Waals surface area (Å²) in [6.45, 7) is 3.53. The van der Waals surface area contributed by atoms with Crippen LogP contribution in [0.4, 0.5) is 10.1 Å². The van der Waals surface area contributed by atoms with Gasteiger partial charge in [-0.05, 0) is 35.7 Å². The van der Waals surface area contributed by atoms with E-state index in [-0.39, 0.29) is 16.5 Å². The molecule has 0 saturated carbocycles. The highest BCUT2D eigenvalue weighted by molar-refractivity contribution is 6.33. The van der Waals surface area contributed by atoms with Gasteiger partial charge in [0.05, 0.1) is 10.6 Å². The maximum atomic E-state index is 13.2. The summed E-state index contributed by atoms with van der Waals surface area (Å²) in [5, 5.41) is 2.76. The monoisotopic (exact) mass is 349 g/mol. The molecule has 24 heavy (non-hydrogen) atoms. The van der Waals surface area contributed by atoms with Gasteiger partial charge in [-0.3, -0.25) is 4.79 Å². The zero-order valence-corrected chi connectivity index (χ0v) is 14.1. The van der Waals surface area contributed by atoms with E-state index in [1.54, 1.807) is 12.1 Å². The van der Waals surface area contributed by atoms with Crippen LogP contribution in [0.5, 0.6) is 0 Å². The van der Waals surface area contributed by atoms with Crippen molar-refractivity contribution in [2.45, 2.75) is 19.8 Å². The quantitative estimate of drug-likeness (QED) is 0.814. The van der Waals surface area contributed by atoms with Gasteiger partial charge >= 0.3 is 5.97 Å². The minimum atomic E-state index is -0.855. The van der Waals surface area contributed by atoms with Gasteiger partial charge < -0.3 is 10.1 Å². The molecule has 0 aromatic heterocycles. The van der Waals surface area contributed by atoms with Gasteiger partial charge in [0.2, 0.25) is 0 Å². The minimum absolute atomic E-state index is 0.0620. The number of carbonyl (C=O) groups is 2. The molecule has 126 valence electrons. The maximum Gasteiger partial charge on any atom is 0.340 e. The molecule has 2 aromatic carbocycles. The smallest absolute Gasteiger partial charge is 0.340 e. The molecule has 0 spiro atoms. The van der Waals surface area contributed by atoms with Gasteiger partial charge in [-0.25, -0.2) is 9.18 Å². The first-order valence-electron chi connectivity index (χ1n) is 7.39. The summed E-state index contributed by atoms with van der Waals surface area (Å²) in [6.07, 6.45) is 0. The fourth-order valence-electron chi connectivity index (χ4n) is 2.16. The molecule has 0 radical (unpaired) electrons. The Hall–Kier alpha value is -2.40. The van der Waals surface area contributed by atoms with Crippen molar-refractivity contribution in [1.82, 2.24) is 0 Å². The molecule has 0 aliphatic carbocycles. The normalized spacial score (nSPS) is 10.5. The van der Waals surface area contributed by atoms with E-state index in [0.29, 0.717) is 5.69 Å². The fourth-order valence-corrected chi connectivity index (χ4v) is 2.36. The van der Waals surface area contributed by atoms with Crippen molar-refractivity contribution in [2.24, 2.45) is 0 Å². The third-order valence-electron chi connectivity index (χ3n) is 3.34. The molecule has 2 aromatic rings. The molecule has 0 bridgehead atoms. The first kappa shape index (κ1) is 17.9. The Kier molecular flexibility index (Phi) is 5.93. The molecule has 0 saturated heterocycles. The molecule has 0 aliphatic heterocycles. The molecule has 0 aliphatic rings. The van der Waals surface area contributed by atoms with Gasteiger partial charge in [0, 0.05) is 5.69 Å². The molecule has 0 heterocycles. The highest BCUT2D eigenvalue weighted by atomic mass is 35.5. The van der Waals surface area contributed by atoms with Crippen molar-refractivity contribution >= 4 is 29.2 Å². The number of amides is 1. The zero-order chi connectivity index (χ0) is 17.7. The summed E-state index contributed by atoms with van der Waals surface area (Å²) < 4.78 is 18.1. The topological polar surface area (TPSA) is 55.4 Å². The van der Waals surface area contributed by atoms with Crippen LogP contribution in [0.25, 0.3) is 0 Å². The van der Waals surface area contributed by atoms with E-state index >= 15 is 0 Å². The molecular weight excluding hydrogens is 333 g/mol. The molecule has 2 rings (SSSR count). The van der Waals surface area contributed by atoms with Gasteiger partial charge in [-0.15, -0.1) is 0 Å².